The van der Waals surface area contributed by atoms with Crippen LogP contribution in [0.15, 0.2) is 12.2 Å². The van der Waals surface area contributed by atoms with Crippen molar-refractivity contribution in [3.63, 3.8) is 0 Å². The van der Waals surface area contributed by atoms with Crippen LogP contribution < -0.4 is 0 Å². The molecular weight excluding hydrogens is 192 g/mol. The summed E-state index contributed by atoms with van der Waals surface area (Å²) in [6.07, 6.45) is 9.82. The lowest BCUT2D eigenvalue weighted by Gasteiger charge is -2.34. The SMILES string of the molecule is OCC[C@@H]1C=CCC[C@H]2OCCC[C@@H]2O1. The molecule has 0 aromatic heterocycles. The van der Waals surface area contributed by atoms with Gasteiger partial charge in [0, 0.05) is 19.6 Å². The van der Waals surface area contributed by atoms with E-state index in [0.717, 1.165) is 32.3 Å². The third-order valence-electron chi connectivity index (χ3n) is 3.11. The minimum Gasteiger partial charge on any atom is -0.396 e. The topological polar surface area (TPSA) is 38.7 Å². The molecule has 2 rings (SSSR count). The second-order valence-corrected chi connectivity index (χ2v) is 4.28. The third-order valence-corrected chi connectivity index (χ3v) is 3.11. The van der Waals surface area contributed by atoms with E-state index in [0.29, 0.717) is 6.42 Å². The molecule has 0 aromatic rings. The number of aliphatic hydroxyl groups excluding tert-OH is 1. The van der Waals surface area contributed by atoms with Crippen LogP contribution in [0.2, 0.25) is 0 Å². The fourth-order valence-electron chi connectivity index (χ4n) is 2.31. The van der Waals surface area contributed by atoms with Crippen molar-refractivity contribution in [2.75, 3.05) is 13.2 Å². The summed E-state index contributed by atoms with van der Waals surface area (Å²) in [6.45, 7) is 1.06. The van der Waals surface area contributed by atoms with Gasteiger partial charge in [0.2, 0.25) is 0 Å². The van der Waals surface area contributed by atoms with Crippen LogP contribution in [-0.4, -0.2) is 36.6 Å². The molecule has 0 aromatic carbocycles. The fraction of sp³-hybridized carbons (Fsp3) is 0.833. The Morgan fingerprint density at radius 1 is 1.27 bits per heavy atom. The van der Waals surface area contributed by atoms with Gasteiger partial charge in [0.25, 0.3) is 0 Å². The Bertz CT molecular complexity index is 215. The van der Waals surface area contributed by atoms with Crippen molar-refractivity contribution >= 4 is 0 Å². The molecule has 15 heavy (non-hydrogen) atoms. The molecule has 3 nitrogen and oxygen atoms in total. The van der Waals surface area contributed by atoms with Crippen molar-refractivity contribution in [1.29, 1.82) is 0 Å². The van der Waals surface area contributed by atoms with Gasteiger partial charge in [-0.15, -0.1) is 0 Å². The number of fused-ring (bicyclic) bond motifs is 1. The number of ether oxygens (including phenoxy) is 2. The molecule has 3 atom stereocenters. The van der Waals surface area contributed by atoms with E-state index < -0.39 is 0 Å². The third kappa shape index (κ3) is 3.03. The minimum absolute atomic E-state index is 0.0736. The van der Waals surface area contributed by atoms with E-state index in [9.17, 15) is 0 Å². The predicted octanol–water partition coefficient (Wildman–Crippen LogP) is 1.65. The van der Waals surface area contributed by atoms with Gasteiger partial charge in [-0.05, 0) is 25.7 Å². The van der Waals surface area contributed by atoms with E-state index in [-0.39, 0.29) is 24.9 Å². The normalized spacial score (nSPS) is 36.7. The van der Waals surface area contributed by atoms with Crippen LogP contribution >= 0.6 is 0 Å². The fourth-order valence-corrected chi connectivity index (χ4v) is 2.31. The first kappa shape index (κ1) is 11.1. The average Bonchev–Trinajstić information content (AvgIpc) is 2.22. The molecule has 0 amide bonds. The number of rotatable bonds is 2. The molecule has 0 unspecified atom stereocenters. The van der Waals surface area contributed by atoms with Crippen LogP contribution in [0, 0.1) is 0 Å². The lowest BCUT2D eigenvalue weighted by atomic mass is 9.99. The highest BCUT2D eigenvalue weighted by Gasteiger charge is 2.28. The highest BCUT2D eigenvalue weighted by Crippen LogP contribution is 2.25. The van der Waals surface area contributed by atoms with Gasteiger partial charge in [0.1, 0.15) is 0 Å². The predicted molar refractivity (Wildman–Crippen MR) is 57.7 cm³/mol. The molecule has 1 fully saturated rings. The first-order chi connectivity index (χ1) is 7.40. The van der Waals surface area contributed by atoms with Crippen molar-refractivity contribution in [3.05, 3.63) is 12.2 Å². The van der Waals surface area contributed by atoms with Gasteiger partial charge in [-0.1, -0.05) is 12.2 Å². The Morgan fingerprint density at radius 2 is 2.20 bits per heavy atom. The van der Waals surface area contributed by atoms with Gasteiger partial charge in [-0.3, -0.25) is 0 Å². The molecule has 86 valence electrons. The Hall–Kier alpha value is -0.380. The smallest absolute Gasteiger partial charge is 0.0845 e. The van der Waals surface area contributed by atoms with E-state index in [2.05, 4.69) is 12.2 Å². The standard InChI is InChI=1S/C12H20O3/c13-8-7-10-4-1-2-5-11-12(15-10)6-3-9-14-11/h1,4,10-13H,2-3,5-9H2/t10-,11+,12-/m0/s1. The Labute approximate surface area is 91.1 Å². The molecule has 0 spiro atoms. The minimum atomic E-state index is 0.0736. The van der Waals surface area contributed by atoms with Gasteiger partial charge >= 0.3 is 0 Å². The molecule has 2 heterocycles. The summed E-state index contributed by atoms with van der Waals surface area (Å²) in [7, 11) is 0. The highest BCUT2D eigenvalue weighted by molar-refractivity contribution is 4.94. The highest BCUT2D eigenvalue weighted by atomic mass is 16.5. The molecule has 2 aliphatic heterocycles. The van der Waals surface area contributed by atoms with E-state index in [1.54, 1.807) is 0 Å². The first-order valence-electron chi connectivity index (χ1n) is 5.95. The van der Waals surface area contributed by atoms with Crippen LogP contribution in [0.25, 0.3) is 0 Å². The zero-order valence-electron chi connectivity index (χ0n) is 9.10. The molecule has 0 aliphatic carbocycles. The number of allylic oxidation sites excluding steroid dienone is 1. The number of hydrogen-bond donors (Lipinski definition) is 1. The second kappa shape index (κ2) is 5.64. The van der Waals surface area contributed by atoms with Crippen molar-refractivity contribution in [1.82, 2.24) is 0 Å². The van der Waals surface area contributed by atoms with E-state index in [4.69, 9.17) is 14.6 Å². The largest absolute Gasteiger partial charge is 0.396 e. The first-order valence-corrected chi connectivity index (χ1v) is 5.95. The molecule has 3 heteroatoms. The van der Waals surface area contributed by atoms with E-state index >= 15 is 0 Å². The zero-order valence-corrected chi connectivity index (χ0v) is 9.10. The van der Waals surface area contributed by atoms with Crippen LogP contribution in [0.1, 0.15) is 32.1 Å². The maximum atomic E-state index is 8.93. The Morgan fingerprint density at radius 3 is 3.07 bits per heavy atom. The average molecular weight is 212 g/mol. The molecule has 2 aliphatic rings. The van der Waals surface area contributed by atoms with Crippen molar-refractivity contribution in [2.24, 2.45) is 0 Å². The summed E-state index contributed by atoms with van der Waals surface area (Å²) < 4.78 is 11.7. The van der Waals surface area contributed by atoms with Crippen molar-refractivity contribution in [2.45, 2.75) is 50.4 Å². The summed E-state index contributed by atoms with van der Waals surface area (Å²) >= 11 is 0. The van der Waals surface area contributed by atoms with Crippen LogP contribution in [0.5, 0.6) is 0 Å². The lowest BCUT2D eigenvalue weighted by Crippen LogP contribution is -2.39. The molecule has 1 saturated heterocycles. The molecule has 0 bridgehead atoms. The van der Waals surface area contributed by atoms with Gasteiger partial charge in [0.15, 0.2) is 0 Å². The molecule has 0 saturated carbocycles. The molecule has 1 N–H and O–H groups in total. The summed E-state index contributed by atoms with van der Waals surface area (Å²) in [5.74, 6) is 0. The summed E-state index contributed by atoms with van der Waals surface area (Å²) in [4.78, 5) is 0. The Kier molecular flexibility index (Phi) is 4.18. The maximum Gasteiger partial charge on any atom is 0.0845 e. The number of aliphatic hydroxyl groups is 1. The summed E-state index contributed by atoms with van der Waals surface area (Å²) in [5, 5.41) is 8.93. The van der Waals surface area contributed by atoms with Gasteiger partial charge in [-0.25, -0.2) is 0 Å². The molecular formula is C12H20O3. The van der Waals surface area contributed by atoms with E-state index in [1.807, 2.05) is 0 Å². The summed E-state index contributed by atoms with van der Waals surface area (Å²) in [6, 6.07) is 0. The number of hydrogen-bond acceptors (Lipinski definition) is 3. The van der Waals surface area contributed by atoms with Crippen LogP contribution in [0.4, 0.5) is 0 Å². The monoisotopic (exact) mass is 212 g/mol. The van der Waals surface area contributed by atoms with Gasteiger partial charge in [-0.2, -0.15) is 0 Å². The van der Waals surface area contributed by atoms with Crippen LogP contribution in [0.3, 0.4) is 0 Å². The van der Waals surface area contributed by atoms with Gasteiger partial charge in [0.05, 0.1) is 18.3 Å². The van der Waals surface area contributed by atoms with Crippen molar-refractivity contribution in [3.8, 4) is 0 Å². The lowest BCUT2D eigenvalue weighted by molar-refractivity contribution is -0.126. The Balaban J connectivity index is 1.97. The molecule has 0 radical (unpaired) electrons. The van der Waals surface area contributed by atoms with E-state index in [1.165, 1.54) is 0 Å². The van der Waals surface area contributed by atoms with Crippen LogP contribution in [-0.2, 0) is 9.47 Å². The van der Waals surface area contributed by atoms with Crippen molar-refractivity contribution < 1.29 is 14.6 Å². The summed E-state index contributed by atoms with van der Waals surface area (Å²) in [5.41, 5.74) is 0. The maximum absolute atomic E-state index is 8.93. The zero-order chi connectivity index (χ0) is 10.5. The van der Waals surface area contributed by atoms with Gasteiger partial charge < -0.3 is 14.6 Å². The quantitative estimate of drug-likeness (QED) is 0.707. The second-order valence-electron chi connectivity index (χ2n) is 4.28.